The molecule has 1 atom stereocenters. The molecule has 0 radical (unpaired) electrons. The van der Waals surface area contributed by atoms with Crippen molar-refractivity contribution in [2.45, 2.75) is 44.9 Å². The second kappa shape index (κ2) is 6.90. The van der Waals surface area contributed by atoms with Crippen molar-refractivity contribution in [2.75, 3.05) is 18.4 Å². The maximum absolute atomic E-state index is 13.8. The summed E-state index contributed by atoms with van der Waals surface area (Å²) in [5.74, 6) is 0.441. The van der Waals surface area contributed by atoms with Crippen molar-refractivity contribution in [3.05, 3.63) is 41.5 Å². The molecule has 2 aromatic rings. The topological polar surface area (TPSA) is 73.9 Å². The number of benzene rings is 1. The number of urea groups is 1. The number of nitrogens with one attached hydrogen (secondary N) is 2. The molecular weight excluding hydrogens is 352 g/mol. The van der Waals surface area contributed by atoms with Crippen LogP contribution in [0.3, 0.4) is 0 Å². The van der Waals surface area contributed by atoms with Gasteiger partial charge in [-0.1, -0.05) is 13.3 Å². The van der Waals surface area contributed by atoms with Crippen LogP contribution in [0.1, 0.15) is 50.2 Å². The number of halogens is 2. The van der Waals surface area contributed by atoms with Gasteiger partial charge in [0.05, 0.1) is 5.69 Å². The minimum Gasteiger partial charge on any atom is -0.323 e. The van der Waals surface area contributed by atoms with Crippen LogP contribution in [-0.2, 0) is 6.42 Å². The van der Waals surface area contributed by atoms with Crippen molar-refractivity contribution in [2.24, 2.45) is 5.41 Å². The molecule has 1 aromatic heterocycles. The van der Waals surface area contributed by atoms with E-state index in [1.54, 1.807) is 4.90 Å². The van der Waals surface area contributed by atoms with Crippen LogP contribution in [0.2, 0.25) is 0 Å². The molecule has 1 aliphatic carbocycles. The van der Waals surface area contributed by atoms with Gasteiger partial charge >= 0.3 is 6.03 Å². The number of carbonyl (C=O) groups is 1. The maximum Gasteiger partial charge on any atom is 0.321 e. The Balaban J connectivity index is 1.51. The molecule has 0 bridgehead atoms. The fourth-order valence-electron chi connectivity index (χ4n) is 4.22. The van der Waals surface area contributed by atoms with Crippen LogP contribution in [-0.4, -0.2) is 39.2 Å². The summed E-state index contributed by atoms with van der Waals surface area (Å²) in [6.07, 6.45) is 4.99. The number of nitrogens with zero attached hydrogens (tertiary/aromatic N) is 3. The van der Waals surface area contributed by atoms with Crippen molar-refractivity contribution in [1.82, 2.24) is 20.1 Å². The van der Waals surface area contributed by atoms with Crippen molar-refractivity contribution < 1.29 is 13.6 Å². The van der Waals surface area contributed by atoms with Gasteiger partial charge in [0, 0.05) is 31.5 Å². The molecule has 2 aliphatic rings. The van der Waals surface area contributed by atoms with Crippen LogP contribution in [0.15, 0.2) is 18.2 Å². The third-order valence-electron chi connectivity index (χ3n) is 5.80. The molecule has 2 fully saturated rings. The number of rotatable bonds is 4. The first kappa shape index (κ1) is 17.9. The van der Waals surface area contributed by atoms with Gasteiger partial charge in [0.25, 0.3) is 0 Å². The molecule has 8 heteroatoms. The van der Waals surface area contributed by atoms with Gasteiger partial charge in [0.2, 0.25) is 0 Å². The number of anilines is 1. The van der Waals surface area contributed by atoms with E-state index in [4.69, 9.17) is 0 Å². The molecule has 144 valence electrons. The van der Waals surface area contributed by atoms with Crippen LogP contribution >= 0.6 is 0 Å². The van der Waals surface area contributed by atoms with Gasteiger partial charge in [-0.25, -0.2) is 18.6 Å². The summed E-state index contributed by atoms with van der Waals surface area (Å²) >= 11 is 0. The van der Waals surface area contributed by atoms with Gasteiger partial charge in [-0.05, 0) is 36.8 Å². The van der Waals surface area contributed by atoms with E-state index < -0.39 is 17.7 Å². The lowest BCUT2D eigenvalue weighted by Crippen LogP contribution is -2.39. The highest BCUT2D eigenvalue weighted by molar-refractivity contribution is 5.89. The van der Waals surface area contributed by atoms with E-state index >= 15 is 0 Å². The molecule has 2 amide bonds. The summed E-state index contributed by atoms with van der Waals surface area (Å²) in [4.78, 5) is 19.0. The van der Waals surface area contributed by atoms with Gasteiger partial charge in [-0.2, -0.15) is 5.10 Å². The van der Waals surface area contributed by atoms with E-state index in [1.807, 2.05) is 0 Å². The van der Waals surface area contributed by atoms with E-state index in [9.17, 15) is 13.6 Å². The lowest BCUT2D eigenvalue weighted by atomic mass is 9.62. The normalized spacial score (nSPS) is 20.7. The lowest BCUT2D eigenvalue weighted by molar-refractivity contribution is 0.122. The molecule has 1 unspecified atom stereocenters. The van der Waals surface area contributed by atoms with Crippen molar-refractivity contribution in [3.8, 4) is 0 Å². The van der Waals surface area contributed by atoms with Gasteiger partial charge in [0.1, 0.15) is 17.5 Å². The number of hydrogen-bond acceptors (Lipinski definition) is 3. The van der Waals surface area contributed by atoms with Crippen LogP contribution < -0.4 is 5.32 Å². The fraction of sp³-hybridized carbons (Fsp3) is 0.526. The Hall–Kier alpha value is -2.51. The first-order chi connectivity index (χ1) is 13.0. The maximum atomic E-state index is 13.8. The number of likely N-dealkylation sites (tertiary alicyclic amines) is 1. The monoisotopic (exact) mass is 375 g/mol. The number of H-pyrrole nitrogens is 1. The molecule has 1 spiro atoms. The largest absolute Gasteiger partial charge is 0.323 e. The lowest BCUT2D eigenvalue weighted by Gasteiger charge is -2.41. The predicted molar refractivity (Wildman–Crippen MR) is 96.4 cm³/mol. The second-order valence-corrected chi connectivity index (χ2v) is 7.59. The van der Waals surface area contributed by atoms with E-state index in [-0.39, 0.29) is 17.0 Å². The van der Waals surface area contributed by atoms with Gasteiger partial charge in [-0.15, -0.1) is 0 Å². The SMILES string of the molecule is CCCc1nc(C2CN(C(=O)Nc3cc(F)ccc3F)CC23CCC3)n[nH]1. The molecule has 2 N–H and O–H groups in total. The highest BCUT2D eigenvalue weighted by Crippen LogP contribution is 2.55. The standard InChI is InChI=1S/C19H23F2N5O/c1-2-4-16-23-17(25-24-16)13-10-26(11-19(13)7-3-8-19)18(27)22-15-9-12(20)5-6-14(15)21/h5-6,9,13H,2-4,7-8,10-11H2,1H3,(H,22,27)(H,23,24,25). The first-order valence-corrected chi connectivity index (χ1v) is 9.43. The summed E-state index contributed by atoms with van der Waals surface area (Å²) in [5.41, 5.74) is -0.155. The Labute approximate surface area is 156 Å². The van der Waals surface area contributed by atoms with E-state index in [0.717, 1.165) is 62.0 Å². The summed E-state index contributed by atoms with van der Waals surface area (Å²) in [7, 11) is 0. The molecule has 1 aromatic carbocycles. The van der Waals surface area contributed by atoms with Gasteiger partial charge < -0.3 is 10.2 Å². The zero-order valence-corrected chi connectivity index (χ0v) is 15.3. The summed E-state index contributed by atoms with van der Waals surface area (Å²) in [6, 6.07) is 2.61. The second-order valence-electron chi connectivity index (χ2n) is 7.59. The molecule has 1 saturated heterocycles. The predicted octanol–water partition coefficient (Wildman–Crippen LogP) is 3.84. The summed E-state index contributed by atoms with van der Waals surface area (Å²) < 4.78 is 27.2. The summed E-state index contributed by atoms with van der Waals surface area (Å²) in [6.45, 7) is 3.15. The average Bonchev–Trinajstić information content (AvgIpc) is 3.22. The third-order valence-corrected chi connectivity index (χ3v) is 5.80. The Bertz CT molecular complexity index is 848. The number of aromatic amines is 1. The molecule has 2 heterocycles. The van der Waals surface area contributed by atoms with Crippen LogP contribution in [0.5, 0.6) is 0 Å². The number of hydrogen-bond donors (Lipinski definition) is 2. The minimum atomic E-state index is -0.656. The Kier molecular flexibility index (Phi) is 4.57. The number of aromatic nitrogens is 3. The molecule has 1 aliphatic heterocycles. The van der Waals surface area contributed by atoms with Gasteiger partial charge in [0.15, 0.2) is 5.82 Å². The highest BCUT2D eigenvalue weighted by Gasteiger charge is 2.53. The number of aryl methyl sites for hydroxylation is 1. The van der Waals surface area contributed by atoms with Gasteiger partial charge in [-0.3, -0.25) is 5.10 Å². The van der Waals surface area contributed by atoms with E-state index in [1.165, 1.54) is 0 Å². The van der Waals surface area contributed by atoms with Crippen LogP contribution in [0.4, 0.5) is 19.3 Å². The van der Waals surface area contributed by atoms with E-state index in [2.05, 4.69) is 27.4 Å². The quantitative estimate of drug-likeness (QED) is 0.853. The Morgan fingerprint density at radius 1 is 1.41 bits per heavy atom. The molecule has 27 heavy (non-hydrogen) atoms. The molecule has 4 rings (SSSR count). The third kappa shape index (κ3) is 3.28. The fourth-order valence-corrected chi connectivity index (χ4v) is 4.22. The number of carbonyl (C=O) groups excluding carboxylic acids is 1. The first-order valence-electron chi connectivity index (χ1n) is 9.43. The molecule has 1 saturated carbocycles. The zero-order valence-electron chi connectivity index (χ0n) is 15.3. The molecule has 6 nitrogen and oxygen atoms in total. The average molecular weight is 375 g/mol. The van der Waals surface area contributed by atoms with Crippen molar-refractivity contribution >= 4 is 11.7 Å². The highest BCUT2D eigenvalue weighted by atomic mass is 19.1. The Morgan fingerprint density at radius 2 is 2.22 bits per heavy atom. The van der Waals surface area contributed by atoms with Crippen LogP contribution in [0.25, 0.3) is 0 Å². The van der Waals surface area contributed by atoms with Crippen molar-refractivity contribution in [1.29, 1.82) is 0 Å². The van der Waals surface area contributed by atoms with Crippen LogP contribution in [0, 0.1) is 17.0 Å². The molecular formula is C19H23F2N5O. The van der Waals surface area contributed by atoms with E-state index in [0.29, 0.717) is 13.1 Å². The zero-order chi connectivity index (χ0) is 19.0. The summed E-state index contributed by atoms with van der Waals surface area (Å²) in [5, 5.41) is 9.89. The Morgan fingerprint density at radius 3 is 2.93 bits per heavy atom. The minimum absolute atomic E-state index is 0.0104. The number of amides is 2. The smallest absolute Gasteiger partial charge is 0.321 e. The van der Waals surface area contributed by atoms with Crippen molar-refractivity contribution in [3.63, 3.8) is 0 Å².